The topological polar surface area (TPSA) is 72.5 Å². The van der Waals surface area contributed by atoms with Gasteiger partial charge in [0, 0.05) is 6.26 Å². The Labute approximate surface area is 115 Å². The highest BCUT2D eigenvalue weighted by Crippen LogP contribution is 2.24. The largest absolute Gasteiger partial charge is 0.370 e. The molecule has 0 heterocycles. The summed E-state index contributed by atoms with van der Waals surface area (Å²) in [6.07, 6.45) is 7.14. The van der Waals surface area contributed by atoms with Gasteiger partial charge < -0.3 is 10.1 Å². The standard InChI is InChI=1S/C13H23NO4S/c1-4-10(5-2)18-12-8-6-7-11(14-9-15)13(12)19(3,16)17/h6,8-13H,4-5,7H2,1-3H3,(H,14,15)/t11-,12-,13-/m1/s1. The first kappa shape index (κ1) is 16.2. The average molecular weight is 289 g/mol. The van der Waals surface area contributed by atoms with Crippen LogP contribution in [0.2, 0.25) is 0 Å². The van der Waals surface area contributed by atoms with Crippen LogP contribution < -0.4 is 5.32 Å². The van der Waals surface area contributed by atoms with Gasteiger partial charge in [0.2, 0.25) is 6.41 Å². The van der Waals surface area contributed by atoms with Gasteiger partial charge in [-0.25, -0.2) is 8.42 Å². The van der Waals surface area contributed by atoms with Gasteiger partial charge in [-0.2, -0.15) is 0 Å². The van der Waals surface area contributed by atoms with Crippen LogP contribution in [0.5, 0.6) is 0 Å². The lowest BCUT2D eigenvalue weighted by Gasteiger charge is -2.34. The summed E-state index contributed by atoms with van der Waals surface area (Å²) in [4.78, 5) is 10.6. The number of hydrogen-bond acceptors (Lipinski definition) is 4. The fourth-order valence-corrected chi connectivity index (χ4v) is 3.88. The molecule has 19 heavy (non-hydrogen) atoms. The van der Waals surface area contributed by atoms with Crippen molar-refractivity contribution in [2.75, 3.05) is 6.26 Å². The minimum Gasteiger partial charge on any atom is -0.370 e. The summed E-state index contributed by atoms with van der Waals surface area (Å²) in [6.45, 7) is 4.02. The SMILES string of the molecule is CCC(CC)O[C@@H]1C=CC[C@@H](NC=O)[C@H]1S(C)(=O)=O. The minimum absolute atomic E-state index is 0.0360. The van der Waals surface area contributed by atoms with E-state index in [-0.39, 0.29) is 6.10 Å². The Kier molecular flexibility index (Phi) is 6.00. The molecule has 6 heteroatoms. The molecule has 0 radical (unpaired) electrons. The van der Waals surface area contributed by atoms with Crippen molar-refractivity contribution in [3.63, 3.8) is 0 Å². The van der Waals surface area contributed by atoms with Crippen LogP contribution in [0.15, 0.2) is 12.2 Å². The van der Waals surface area contributed by atoms with Crippen molar-refractivity contribution in [1.82, 2.24) is 5.32 Å². The van der Waals surface area contributed by atoms with Crippen LogP contribution in [0, 0.1) is 0 Å². The van der Waals surface area contributed by atoms with Crippen molar-refractivity contribution >= 4 is 16.2 Å². The second-order valence-corrected chi connectivity index (χ2v) is 7.09. The van der Waals surface area contributed by atoms with E-state index in [0.29, 0.717) is 12.8 Å². The lowest BCUT2D eigenvalue weighted by atomic mass is 9.98. The molecule has 1 aliphatic rings. The zero-order valence-electron chi connectivity index (χ0n) is 11.7. The molecule has 0 aliphatic heterocycles. The summed E-state index contributed by atoms with van der Waals surface area (Å²) in [7, 11) is -3.31. The molecule has 3 atom stereocenters. The maximum Gasteiger partial charge on any atom is 0.207 e. The number of nitrogens with one attached hydrogen (secondary N) is 1. The van der Waals surface area contributed by atoms with Gasteiger partial charge in [-0.05, 0) is 19.3 Å². The van der Waals surface area contributed by atoms with E-state index in [9.17, 15) is 13.2 Å². The summed E-state index contributed by atoms with van der Waals surface area (Å²) in [6, 6.07) is -0.420. The molecule has 0 saturated heterocycles. The number of rotatable bonds is 7. The van der Waals surface area contributed by atoms with E-state index >= 15 is 0 Å². The summed E-state index contributed by atoms with van der Waals surface area (Å²) in [5, 5.41) is 1.87. The molecule has 1 rings (SSSR count). The van der Waals surface area contributed by atoms with Crippen LogP contribution in [-0.2, 0) is 19.4 Å². The van der Waals surface area contributed by atoms with Crippen LogP contribution >= 0.6 is 0 Å². The van der Waals surface area contributed by atoms with E-state index < -0.39 is 27.2 Å². The Morgan fingerprint density at radius 3 is 2.53 bits per heavy atom. The van der Waals surface area contributed by atoms with Gasteiger partial charge in [-0.15, -0.1) is 0 Å². The maximum atomic E-state index is 12.0. The molecule has 0 aromatic carbocycles. The van der Waals surface area contributed by atoms with Gasteiger partial charge in [0.05, 0.1) is 18.2 Å². The molecule has 0 saturated carbocycles. The van der Waals surface area contributed by atoms with Crippen molar-refractivity contribution in [3.8, 4) is 0 Å². The third-order valence-corrected chi connectivity index (χ3v) is 5.06. The Morgan fingerprint density at radius 1 is 1.42 bits per heavy atom. The van der Waals surface area contributed by atoms with Gasteiger partial charge in [0.1, 0.15) is 5.25 Å². The zero-order chi connectivity index (χ0) is 14.5. The zero-order valence-corrected chi connectivity index (χ0v) is 12.5. The number of ether oxygens (including phenoxy) is 1. The summed E-state index contributed by atoms with van der Waals surface area (Å²) in [5.74, 6) is 0. The lowest BCUT2D eigenvalue weighted by molar-refractivity contribution is -0.110. The molecule has 1 amide bonds. The van der Waals surface area contributed by atoms with Crippen LogP contribution in [0.25, 0.3) is 0 Å². The Morgan fingerprint density at radius 2 is 2.05 bits per heavy atom. The lowest BCUT2D eigenvalue weighted by Crippen LogP contribution is -2.52. The quantitative estimate of drug-likeness (QED) is 0.561. The number of carbonyl (C=O) groups is 1. The van der Waals surface area contributed by atoms with E-state index in [1.54, 1.807) is 6.08 Å². The predicted molar refractivity (Wildman–Crippen MR) is 74.6 cm³/mol. The molecular formula is C13H23NO4S. The van der Waals surface area contributed by atoms with Crippen molar-refractivity contribution in [1.29, 1.82) is 0 Å². The number of carbonyl (C=O) groups excluding carboxylic acids is 1. The second kappa shape index (κ2) is 7.05. The van der Waals surface area contributed by atoms with Gasteiger partial charge in [0.15, 0.2) is 9.84 Å². The molecule has 1 aliphatic carbocycles. The molecule has 1 N–H and O–H groups in total. The van der Waals surface area contributed by atoms with Crippen LogP contribution in [0.1, 0.15) is 33.1 Å². The third-order valence-electron chi connectivity index (χ3n) is 3.47. The van der Waals surface area contributed by atoms with E-state index in [0.717, 1.165) is 12.8 Å². The predicted octanol–water partition coefficient (Wildman–Crippen LogP) is 1.05. The molecule has 0 fully saturated rings. The third kappa shape index (κ3) is 4.31. The number of hydrogen-bond donors (Lipinski definition) is 1. The fourth-order valence-electron chi connectivity index (χ4n) is 2.45. The molecule has 0 bridgehead atoms. The first-order chi connectivity index (χ1) is 8.93. The van der Waals surface area contributed by atoms with Crippen molar-refractivity contribution < 1.29 is 17.9 Å². The van der Waals surface area contributed by atoms with Crippen LogP contribution in [-0.4, -0.2) is 44.6 Å². The number of sulfone groups is 1. The number of amides is 1. The highest BCUT2D eigenvalue weighted by Gasteiger charge is 2.39. The van der Waals surface area contributed by atoms with Crippen molar-refractivity contribution in [3.05, 3.63) is 12.2 Å². The van der Waals surface area contributed by atoms with E-state index in [2.05, 4.69) is 5.32 Å². The Bertz CT molecular complexity index is 414. The van der Waals surface area contributed by atoms with E-state index in [4.69, 9.17) is 4.74 Å². The smallest absolute Gasteiger partial charge is 0.207 e. The van der Waals surface area contributed by atoms with E-state index in [1.807, 2.05) is 19.9 Å². The molecule has 5 nitrogen and oxygen atoms in total. The Hall–Kier alpha value is -0.880. The average Bonchev–Trinajstić information content (AvgIpc) is 2.35. The van der Waals surface area contributed by atoms with Gasteiger partial charge in [-0.1, -0.05) is 26.0 Å². The molecule has 110 valence electrons. The normalized spacial score (nSPS) is 27.5. The fraction of sp³-hybridized carbons (Fsp3) is 0.769. The molecule has 0 aromatic heterocycles. The summed E-state index contributed by atoms with van der Waals surface area (Å²) in [5.41, 5.74) is 0. The Balaban J connectivity index is 2.96. The highest BCUT2D eigenvalue weighted by atomic mass is 32.2. The summed E-state index contributed by atoms with van der Waals surface area (Å²) >= 11 is 0. The van der Waals surface area contributed by atoms with Crippen molar-refractivity contribution in [2.45, 2.75) is 56.6 Å². The van der Waals surface area contributed by atoms with Gasteiger partial charge in [-0.3, -0.25) is 4.79 Å². The summed E-state index contributed by atoms with van der Waals surface area (Å²) < 4.78 is 29.8. The molecule has 0 spiro atoms. The minimum atomic E-state index is -3.31. The second-order valence-electron chi connectivity index (χ2n) is 4.89. The monoisotopic (exact) mass is 289 g/mol. The highest BCUT2D eigenvalue weighted by molar-refractivity contribution is 7.91. The van der Waals surface area contributed by atoms with Crippen molar-refractivity contribution in [2.24, 2.45) is 0 Å². The van der Waals surface area contributed by atoms with Crippen LogP contribution in [0.4, 0.5) is 0 Å². The molecular weight excluding hydrogens is 266 g/mol. The molecule has 0 aromatic rings. The van der Waals surface area contributed by atoms with Gasteiger partial charge in [0.25, 0.3) is 0 Å². The first-order valence-corrected chi connectivity index (χ1v) is 8.60. The van der Waals surface area contributed by atoms with Gasteiger partial charge >= 0.3 is 0 Å². The van der Waals surface area contributed by atoms with Crippen LogP contribution in [0.3, 0.4) is 0 Å². The first-order valence-electron chi connectivity index (χ1n) is 6.64. The maximum absolute atomic E-state index is 12.0. The molecule has 0 unspecified atom stereocenters. The van der Waals surface area contributed by atoms with E-state index in [1.165, 1.54) is 6.26 Å².